The van der Waals surface area contributed by atoms with Gasteiger partial charge in [-0.3, -0.25) is 0 Å². The molecule has 4 heterocycles. The summed E-state index contributed by atoms with van der Waals surface area (Å²) in [5.74, 6) is 0. The monoisotopic (exact) mass is 1520 g/mol. The van der Waals surface area contributed by atoms with E-state index in [-0.39, 0.29) is 16.7 Å². The summed E-state index contributed by atoms with van der Waals surface area (Å²) >= 11 is 13.3. The quantitative estimate of drug-likeness (QED) is 0.103. The van der Waals surface area contributed by atoms with Gasteiger partial charge in [0.15, 0.2) is 0 Å². The average molecular weight is 1520 g/mol. The van der Waals surface area contributed by atoms with Crippen LogP contribution in [-0.4, -0.2) is 105 Å². The predicted octanol–water partition coefficient (Wildman–Crippen LogP) is 7.03. The molecule has 11 aromatic rings. The number of benzene rings is 11. The molecule has 11 aromatic carbocycles. The van der Waals surface area contributed by atoms with Gasteiger partial charge in [0.1, 0.15) is 10.5 Å². The lowest BCUT2D eigenvalue weighted by Crippen LogP contribution is -2.86. The Kier molecular flexibility index (Phi) is 19.7. The van der Waals surface area contributed by atoms with Crippen molar-refractivity contribution in [3.05, 3.63) is 354 Å². The first-order valence-electron chi connectivity index (χ1n) is 31.9. The molecular weight excluding hydrogens is 1460 g/mol. The van der Waals surface area contributed by atoms with Gasteiger partial charge in [0.2, 0.25) is 0 Å². The molecule has 4 aliphatic heterocycles. The summed E-state index contributed by atoms with van der Waals surface area (Å²) in [6.45, 7) is 0. The maximum atomic E-state index is 8.86. The van der Waals surface area contributed by atoms with Crippen molar-refractivity contribution >= 4 is 181 Å². The first kappa shape index (κ1) is 67.1. The normalized spacial score (nSPS) is 28.9. The fourth-order valence-electron chi connectivity index (χ4n) is 12.2. The average Bonchev–Trinajstić information content (AvgIpc) is 1.03. The molecule has 98 heavy (non-hydrogen) atoms. The highest BCUT2D eigenvalue weighted by Crippen LogP contribution is 2.42. The molecule has 27 heteroatoms. The summed E-state index contributed by atoms with van der Waals surface area (Å²) in [5, 5.41) is 6.30. The maximum Gasteiger partial charge on any atom is 0.521 e. The number of halogens is 2. The highest BCUT2D eigenvalue weighted by molar-refractivity contribution is 7.10. The highest BCUT2D eigenvalue weighted by Gasteiger charge is 2.76. The van der Waals surface area contributed by atoms with Crippen molar-refractivity contribution in [2.45, 2.75) is 0 Å². The number of rotatable bonds is 14. The van der Waals surface area contributed by atoms with Crippen molar-refractivity contribution in [1.82, 2.24) is 0 Å². The Morgan fingerprint density at radius 1 is 0.306 bits per heavy atom. The van der Waals surface area contributed by atoms with E-state index < -0.39 is 88.5 Å². The lowest BCUT2D eigenvalue weighted by atomic mass is 10.2. The Morgan fingerprint density at radius 3 is 1.07 bits per heavy atom. The van der Waals surface area contributed by atoms with Crippen LogP contribution in [0.25, 0.3) is 12.2 Å². The minimum atomic E-state index is -5.40. The molecule has 10 atom stereocenters. The molecule has 6 bridgehead atoms. The van der Waals surface area contributed by atoms with Crippen LogP contribution in [0.4, 0.5) is 0 Å². The van der Waals surface area contributed by atoms with E-state index in [9.17, 15) is 0 Å². The molecule has 15 rings (SSSR count). The van der Waals surface area contributed by atoms with Gasteiger partial charge in [0, 0.05) is 41.2 Å². The Hall–Kier alpha value is -6.69. The third-order valence-corrected chi connectivity index (χ3v) is 58.1. The van der Waals surface area contributed by atoms with Crippen LogP contribution in [0.5, 0.6) is 0 Å². The van der Waals surface area contributed by atoms with Crippen molar-refractivity contribution < 1.29 is 57.9 Å². The largest absolute Gasteiger partial charge is 0.521 e. The molecule has 14 nitrogen and oxygen atoms in total. The van der Waals surface area contributed by atoms with E-state index in [1.807, 2.05) is 345 Å². The smallest absolute Gasteiger partial charge is 0.422 e. The Bertz CT molecular complexity index is 4550. The van der Waals surface area contributed by atoms with Gasteiger partial charge < -0.3 is 57.9 Å². The Balaban J connectivity index is 1.18. The molecule has 0 N–H and O–H groups in total. The van der Waals surface area contributed by atoms with Crippen LogP contribution in [-0.2, 0) is 57.9 Å². The SMILES string of the molecule is [SiH3]O[Si]1(c2ccccc2)O[Si](/C=C/c2ccc(Cl)cc2)(c2ccccc2)O[SiH]2CO[Si]3(c4ccccc4)O[SiH](c4ccccc4)O[Si]4(c5ccccc5)O[Si](/C=C/c5ccc(Cl)cc5)(c5ccccc5)O[Si](c5ccccc5)(O3)O[Si@](c3ccccc3)(O2)O[Si](c2ccccc2)(O1)O4. The molecule has 0 aromatic heterocycles. The minimum Gasteiger partial charge on any atom is -0.422 e. The summed E-state index contributed by atoms with van der Waals surface area (Å²) in [6.07, 6.45) is 3.73. The van der Waals surface area contributed by atoms with Gasteiger partial charge in [-0.2, -0.15) is 0 Å². The summed E-state index contributed by atoms with van der Waals surface area (Å²) in [5.41, 5.74) is 5.63. The van der Waals surface area contributed by atoms with E-state index in [0.717, 1.165) is 11.1 Å². The van der Waals surface area contributed by atoms with E-state index in [2.05, 4.69) is 0 Å². The molecule has 0 aliphatic carbocycles. The van der Waals surface area contributed by atoms with Crippen molar-refractivity contribution in [2.24, 2.45) is 0 Å². The lowest BCUT2D eigenvalue weighted by molar-refractivity contribution is 0.0926. The number of hydrogen-bond donors (Lipinski definition) is 0. The van der Waals surface area contributed by atoms with Crippen molar-refractivity contribution in [3.8, 4) is 0 Å². The number of hydrogen-bond acceptors (Lipinski definition) is 14. The van der Waals surface area contributed by atoms with Crippen LogP contribution in [0, 0.1) is 0 Å². The summed E-state index contributed by atoms with van der Waals surface area (Å²) in [7, 11) is -47.8. The van der Waals surface area contributed by atoms with Crippen LogP contribution in [0.3, 0.4) is 0 Å². The maximum absolute atomic E-state index is 8.86. The molecule has 9 unspecified atom stereocenters. The van der Waals surface area contributed by atoms with Gasteiger partial charge in [-0.05, 0) is 62.4 Å². The molecule has 4 aliphatic rings. The number of fused-ring (bicyclic) bond motifs is 6. The Labute approximate surface area is 594 Å². The molecule has 490 valence electrons. The molecule has 0 spiro atoms. The van der Waals surface area contributed by atoms with Gasteiger partial charge in [0.05, 0.1) is 6.23 Å². The summed E-state index contributed by atoms with van der Waals surface area (Å²) in [4.78, 5) is 0. The van der Waals surface area contributed by atoms with Crippen LogP contribution >= 0.6 is 23.2 Å². The van der Waals surface area contributed by atoms with Gasteiger partial charge in [-0.1, -0.05) is 333 Å². The topological polar surface area (TPSA) is 129 Å². The van der Waals surface area contributed by atoms with Gasteiger partial charge in [-0.15, -0.1) is 0 Å². The molecular formula is C71H64Cl2O14Si11. The van der Waals surface area contributed by atoms with Crippen LogP contribution in [0.15, 0.2) is 333 Å². The van der Waals surface area contributed by atoms with Crippen LogP contribution in [0.2, 0.25) is 10.0 Å². The molecule has 4 fully saturated rings. The lowest BCUT2D eigenvalue weighted by Gasteiger charge is -2.54. The third kappa shape index (κ3) is 13.6. The van der Waals surface area contributed by atoms with Crippen molar-refractivity contribution in [2.75, 3.05) is 6.23 Å². The predicted molar refractivity (Wildman–Crippen MR) is 406 cm³/mol. The van der Waals surface area contributed by atoms with Crippen LogP contribution in [0.1, 0.15) is 11.1 Å². The molecule has 0 saturated carbocycles. The zero-order chi connectivity index (χ0) is 66.6. The second kappa shape index (κ2) is 28.7. The second-order valence-electron chi connectivity index (χ2n) is 23.3. The van der Waals surface area contributed by atoms with E-state index in [4.69, 9.17) is 81.1 Å². The van der Waals surface area contributed by atoms with Crippen molar-refractivity contribution in [3.63, 3.8) is 0 Å². The zero-order valence-electron chi connectivity index (χ0n) is 52.7. The van der Waals surface area contributed by atoms with Gasteiger partial charge in [0.25, 0.3) is 0 Å². The minimum absolute atomic E-state index is 0.0383. The first-order chi connectivity index (χ1) is 48.0. The molecule has 0 amide bonds. The summed E-state index contributed by atoms with van der Waals surface area (Å²) < 4.78 is 118. The third-order valence-electron chi connectivity index (χ3n) is 16.9. The zero-order valence-corrected chi connectivity index (χ0v) is 66.6. The standard InChI is InChI=1S/C71H64Cl2O14Si11/c72-61-50-46-59(47-51-61)54-56-91(64-30-12-2-13-31-64)76-89-58-74-93(66-34-16-4-17-35-66)78-90(63-28-10-1-11-29-63)79-96(69-40-22-7-23-41-69)81-92(65-32-14-3-15-33-65,57-55-60-48-52-62(73)53-49-60)82-97(83-93,70-42-24-8-25-43-70)85-95(77-89,68-38-20-6-21-39-68)86-98(87-96,71-44-26-9-27-45-71)84-94(75-88,80-91)67-36-18-5-19-37-67/h1-57,89-90H,58H2,88H3/b56-54+,57-55+/t89?,90?,91?,92?,93?,94?,95-,96?,97?,98?/m0/s1. The molecule has 0 radical (unpaired) electrons. The highest BCUT2D eigenvalue weighted by atomic mass is 35.5. The van der Waals surface area contributed by atoms with Gasteiger partial charge in [-0.25, -0.2) is 0 Å². The van der Waals surface area contributed by atoms with Crippen LogP contribution < -0.4 is 46.7 Å². The Morgan fingerprint density at radius 2 is 0.633 bits per heavy atom. The fourth-order valence-corrected chi connectivity index (χ4v) is 64.3. The second-order valence-corrected chi connectivity index (χ2v) is 53.6. The van der Waals surface area contributed by atoms with Crippen molar-refractivity contribution in [1.29, 1.82) is 0 Å². The van der Waals surface area contributed by atoms with E-state index in [0.29, 0.717) is 56.7 Å². The fraction of sp³-hybridized carbons (Fsp3) is 0.0141. The van der Waals surface area contributed by atoms with E-state index in [1.165, 1.54) is 0 Å². The summed E-state index contributed by atoms with van der Waals surface area (Å²) in [6, 6.07) is 103. The first-order valence-corrected chi connectivity index (χ1v) is 50.9. The van der Waals surface area contributed by atoms with Gasteiger partial charge >= 0.3 is 88.5 Å². The molecule has 4 saturated heterocycles. The van der Waals surface area contributed by atoms with E-state index >= 15 is 0 Å². The van der Waals surface area contributed by atoms with E-state index in [1.54, 1.807) is 0 Å².